The first-order chi connectivity index (χ1) is 14.2. The number of esters is 1. The van der Waals surface area contributed by atoms with Gasteiger partial charge in [0.15, 0.2) is 0 Å². The average molecular weight is 393 g/mol. The van der Waals surface area contributed by atoms with Crippen molar-refractivity contribution >= 4 is 5.97 Å². The van der Waals surface area contributed by atoms with Crippen LogP contribution >= 0.6 is 0 Å². The Labute approximate surface area is 174 Å². The molecular weight excluding hydrogens is 360 g/mol. The summed E-state index contributed by atoms with van der Waals surface area (Å²) in [4.78, 5) is 17.9. The maximum atomic E-state index is 12.7. The van der Waals surface area contributed by atoms with Crippen LogP contribution in [0, 0.1) is 0 Å². The molecule has 0 aromatic heterocycles. The summed E-state index contributed by atoms with van der Waals surface area (Å²) in [5, 5.41) is 0. The quantitative estimate of drug-likeness (QED) is 0.724. The molecular formula is C25H32N2O2. The lowest BCUT2D eigenvalue weighted by atomic mass is 9.68. The molecule has 0 bridgehead atoms. The van der Waals surface area contributed by atoms with Gasteiger partial charge in [-0.1, -0.05) is 60.7 Å². The standard InChI is InChI=1S/C25H32N2O2/c1-29-24(28)25(22-10-6-3-7-11-22)14-12-23(13-15-25)27-18-16-26(17-19-27)20-21-8-4-2-5-9-21/h2-11,23H,12-20H2,1H3/t23-,25-. The van der Waals surface area contributed by atoms with Gasteiger partial charge in [-0.15, -0.1) is 0 Å². The number of nitrogens with zero attached hydrogens (tertiary/aromatic N) is 2. The number of ether oxygens (including phenoxy) is 1. The van der Waals surface area contributed by atoms with Crippen LogP contribution in [0.1, 0.15) is 36.8 Å². The van der Waals surface area contributed by atoms with E-state index in [2.05, 4.69) is 52.3 Å². The molecule has 29 heavy (non-hydrogen) atoms. The van der Waals surface area contributed by atoms with Gasteiger partial charge in [-0.3, -0.25) is 14.6 Å². The summed E-state index contributed by atoms with van der Waals surface area (Å²) in [6.45, 7) is 5.51. The van der Waals surface area contributed by atoms with E-state index in [1.165, 1.54) is 12.7 Å². The molecule has 0 amide bonds. The summed E-state index contributed by atoms with van der Waals surface area (Å²) in [5.74, 6) is -0.0742. The van der Waals surface area contributed by atoms with Crippen LogP contribution in [0.25, 0.3) is 0 Å². The van der Waals surface area contributed by atoms with Crippen LogP contribution in [0.4, 0.5) is 0 Å². The summed E-state index contributed by atoms with van der Waals surface area (Å²) in [7, 11) is 1.52. The van der Waals surface area contributed by atoms with Crippen molar-refractivity contribution in [1.29, 1.82) is 0 Å². The minimum atomic E-state index is -0.471. The van der Waals surface area contributed by atoms with Crippen LogP contribution in [0.15, 0.2) is 60.7 Å². The molecule has 0 spiro atoms. The molecule has 4 nitrogen and oxygen atoms in total. The van der Waals surface area contributed by atoms with Gasteiger partial charge in [0.2, 0.25) is 0 Å². The Balaban J connectivity index is 1.34. The summed E-state index contributed by atoms with van der Waals surface area (Å²) in [5.41, 5.74) is 2.03. The van der Waals surface area contributed by atoms with Gasteiger partial charge in [-0.25, -0.2) is 0 Å². The largest absolute Gasteiger partial charge is 0.468 e. The number of benzene rings is 2. The monoisotopic (exact) mass is 392 g/mol. The van der Waals surface area contributed by atoms with E-state index in [1.54, 1.807) is 0 Å². The van der Waals surface area contributed by atoms with Crippen molar-refractivity contribution < 1.29 is 9.53 Å². The molecule has 0 radical (unpaired) electrons. The molecule has 2 fully saturated rings. The van der Waals surface area contributed by atoms with E-state index in [-0.39, 0.29) is 5.97 Å². The second kappa shape index (κ2) is 9.10. The molecule has 2 aromatic rings. The Morgan fingerprint density at radius 1 is 0.931 bits per heavy atom. The zero-order valence-electron chi connectivity index (χ0n) is 17.4. The molecule has 1 saturated carbocycles. The van der Waals surface area contributed by atoms with E-state index in [0.717, 1.165) is 64.0 Å². The molecule has 1 saturated heterocycles. The lowest BCUT2D eigenvalue weighted by molar-refractivity contribution is -0.149. The van der Waals surface area contributed by atoms with Crippen LogP contribution in [0.5, 0.6) is 0 Å². The molecule has 0 unspecified atom stereocenters. The second-order valence-electron chi connectivity index (χ2n) is 8.47. The Bertz CT molecular complexity index is 777. The van der Waals surface area contributed by atoms with Gasteiger partial charge in [-0.2, -0.15) is 0 Å². The first-order valence-electron chi connectivity index (χ1n) is 10.9. The summed E-state index contributed by atoms with van der Waals surface area (Å²) >= 11 is 0. The first kappa shape index (κ1) is 20.1. The third-order valence-electron chi connectivity index (χ3n) is 6.88. The van der Waals surface area contributed by atoms with E-state index in [1.807, 2.05) is 18.2 Å². The Hall–Kier alpha value is -2.17. The maximum Gasteiger partial charge on any atom is 0.316 e. The summed E-state index contributed by atoms with van der Waals surface area (Å²) in [6, 6.07) is 21.5. The lowest BCUT2D eigenvalue weighted by Gasteiger charge is -2.45. The van der Waals surface area contributed by atoms with Crippen molar-refractivity contribution in [2.24, 2.45) is 0 Å². The number of rotatable bonds is 5. The zero-order chi connectivity index (χ0) is 20.1. The summed E-state index contributed by atoms with van der Waals surface area (Å²) in [6.07, 6.45) is 3.86. The number of carbonyl (C=O) groups is 1. The van der Waals surface area contributed by atoms with Gasteiger partial charge >= 0.3 is 5.97 Å². The van der Waals surface area contributed by atoms with Crippen molar-refractivity contribution in [2.75, 3.05) is 33.3 Å². The fraction of sp³-hybridized carbons (Fsp3) is 0.480. The van der Waals surface area contributed by atoms with E-state index < -0.39 is 5.41 Å². The van der Waals surface area contributed by atoms with Gasteiger partial charge in [0.05, 0.1) is 12.5 Å². The van der Waals surface area contributed by atoms with Crippen LogP contribution in [0.2, 0.25) is 0 Å². The molecule has 0 N–H and O–H groups in total. The van der Waals surface area contributed by atoms with Gasteiger partial charge in [0.25, 0.3) is 0 Å². The van der Waals surface area contributed by atoms with E-state index in [0.29, 0.717) is 6.04 Å². The molecule has 4 rings (SSSR count). The molecule has 154 valence electrons. The van der Waals surface area contributed by atoms with Crippen molar-refractivity contribution in [3.05, 3.63) is 71.8 Å². The third kappa shape index (κ3) is 4.39. The highest BCUT2D eigenvalue weighted by Gasteiger charge is 2.45. The SMILES string of the molecule is COC(=O)[C@]1(c2ccccc2)CC[C@@H](N2CCN(Cc3ccccc3)CC2)CC1. The van der Waals surface area contributed by atoms with Crippen LogP contribution in [-0.4, -0.2) is 55.1 Å². The molecule has 0 atom stereocenters. The van der Waals surface area contributed by atoms with Crippen LogP contribution in [0.3, 0.4) is 0 Å². The van der Waals surface area contributed by atoms with Crippen molar-refractivity contribution in [3.63, 3.8) is 0 Å². The Morgan fingerprint density at radius 2 is 1.52 bits per heavy atom. The van der Waals surface area contributed by atoms with Gasteiger partial charge in [-0.05, 0) is 36.8 Å². The second-order valence-corrected chi connectivity index (χ2v) is 8.47. The summed E-state index contributed by atoms with van der Waals surface area (Å²) < 4.78 is 5.24. The van der Waals surface area contributed by atoms with E-state index >= 15 is 0 Å². The Kier molecular flexibility index (Phi) is 6.31. The van der Waals surface area contributed by atoms with E-state index in [4.69, 9.17) is 4.74 Å². The molecule has 4 heteroatoms. The highest BCUT2D eigenvalue weighted by molar-refractivity contribution is 5.83. The minimum absolute atomic E-state index is 0.0742. The van der Waals surface area contributed by atoms with Crippen molar-refractivity contribution in [2.45, 2.75) is 43.7 Å². The zero-order valence-corrected chi connectivity index (χ0v) is 17.4. The highest BCUT2D eigenvalue weighted by Crippen LogP contribution is 2.42. The predicted octanol–water partition coefficient (Wildman–Crippen LogP) is 3.86. The average Bonchev–Trinajstić information content (AvgIpc) is 2.80. The fourth-order valence-electron chi connectivity index (χ4n) is 5.15. The smallest absolute Gasteiger partial charge is 0.316 e. The van der Waals surface area contributed by atoms with Gasteiger partial charge in [0.1, 0.15) is 0 Å². The highest BCUT2D eigenvalue weighted by atomic mass is 16.5. The molecule has 2 aliphatic rings. The van der Waals surface area contributed by atoms with Crippen LogP contribution in [-0.2, 0) is 21.5 Å². The fourth-order valence-corrected chi connectivity index (χ4v) is 5.15. The maximum absolute atomic E-state index is 12.7. The first-order valence-corrected chi connectivity index (χ1v) is 10.9. The minimum Gasteiger partial charge on any atom is -0.468 e. The Morgan fingerprint density at radius 3 is 2.10 bits per heavy atom. The normalized spacial score (nSPS) is 26.2. The topological polar surface area (TPSA) is 32.8 Å². The molecule has 1 aliphatic heterocycles. The van der Waals surface area contributed by atoms with Gasteiger partial charge < -0.3 is 4.74 Å². The number of piperazine rings is 1. The number of carbonyl (C=O) groups excluding carboxylic acids is 1. The van der Waals surface area contributed by atoms with Crippen LogP contribution < -0.4 is 0 Å². The van der Waals surface area contributed by atoms with E-state index in [9.17, 15) is 4.79 Å². The van der Waals surface area contributed by atoms with Gasteiger partial charge in [0, 0.05) is 38.8 Å². The molecule has 1 aliphatic carbocycles. The molecule has 1 heterocycles. The number of hydrogen-bond donors (Lipinski definition) is 0. The lowest BCUT2D eigenvalue weighted by Crippen LogP contribution is -2.52. The molecule has 2 aromatic carbocycles. The van der Waals surface area contributed by atoms with Crippen molar-refractivity contribution in [1.82, 2.24) is 9.80 Å². The van der Waals surface area contributed by atoms with Crippen molar-refractivity contribution in [3.8, 4) is 0 Å². The number of methoxy groups -OCH3 is 1. The third-order valence-corrected chi connectivity index (χ3v) is 6.88. The predicted molar refractivity (Wildman–Crippen MR) is 116 cm³/mol. The number of hydrogen-bond acceptors (Lipinski definition) is 4.